The van der Waals surface area contributed by atoms with Crippen molar-refractivity contribution in [3.05, 3.63) is 47.5 Å². The lowest BCUT2D eigenvalue weighted by Gasteiger charge is -2.35. The van der Waals surface area contributed by atoms with Crippen LogP contribution < -0.4 is 4.90 Å². The standard InChI is InChI=1S/C23H32NO3PS/c1-22(2,3)16-8-10-18-20(14-16)29-21-15-17(23(4,5)6)9-11-19(21)24(18)12-7-13-28(25,26)27/h8-11,14-15H,7,12-13H2,1-6H3,(H2,25,26,27). The Kier molecular flexibility index (Phi) is 6.01. The fraction of sp³-hybridized carbons (Fsp3) is 0.478. The molecule has 1 aliphatic heterocycles. The summed E-state index contributed by atoms with van der Waals surface area (Å²) in [7, 11) is -3.99. The summed E-state index contributed by atoms with van der Waals surface area (Å²) in [6, 6.07) is 13.2. The first kappa shape index (κ1) is 22.4. The van der Waals surface area contributed by atoms with Crippen molar-refractivity contribution in [2.75, 3.05) is 17.6 Å². The fourth-order valence-electron chi connectivity index (χ4n) is 3.49. The second kappa shape index (κ2) is 7.77. The van der Waals surface area contributed by atoms with Gasteiger partial charge in [-0.05, 0) is 52.6 Å². The van der Waals surface area contributed by atoms with E-state index in [1.807, 2.05) is 0 Å². The Labute approximate surface area is 178 Å². The minimum atomic E-state index is -3.99. The van der Waals surface area contributed by atoms with Gasteiger partial charge in [-0.3, -0.25) is 4.57 Å². The summed E-state index contributed by atoms with van der Waals surface area (Å²) in [5, 5.41) is 0. The Morgan fingerprint density at radius 1 is 0.862 bits per heavy atom. The molecule has 0 atom stereocenters. The maximum absolute atomic E-state index is 11.3. The van der Waals surface area contributed by atoms with E-state index in [1.165, 1.54) is 20.9 Å². The van der Waals surface area contributed by atoms with Gasteiger partial charge >= 0.3 is 7.60 Å². The molecule has 0 spiro atoms. The van der Waals surface area contributed by atoms with Crippen LogP contribution in [-0.2, 0) is 15.4 Å². The van der Waals surface area contributed by atoms with Gasteiger partial charge in [0.25, 0.3) is 0 Å². The van der Waals surface area contributed by atoms with Crippen LogP contribution in [0.3, 0.4) is 0 Å². The van der Waals surface area contributed by atoms with Crippen molar-refractivity contribution in [3.8, 4) is 0 Å². The molecule has 0 unspecified atom stereocenters. The number of fused-ring (bicyclic) bond motifs is 2. The smallest absolute Gasteiger partial charge is 0.325 e. The maximum Gasteiger partial charge on any atom is 0.325 e. The highest BCUT2D eigenvalue weighted by atomic mass is 32.2. The molecule has 6 heteroatoms. The first-order valence-electron chi connectivity index (χ1n) is 10.0. The van der Waals surface area contributed by atoms with Crippen LogP contribution in [0, 0.1) is 0 Å². The normalized spacial score (nSPS) is 14.6. The molecule has 0 aromatic heterocycles. The minimum Gasteiger partial charge on any atom is -0.340 e. The molecule has 2 aromatic rings. The van der Waals surface area contributed by atoms with Crippen molar-refractivity contribution in [1.82, 2.24) is 0 Å². The number of anilines is 2. The fourth-order valence-corrected chi connectivity index (χ4v) is 5.22. The van der Waals surface area contributed by atoms with Crippen molar-refractivity contribution in [1.29, 1.82) is 0 Å². The van der Waals surface area contributed by atoms with Gasteiger partial charge in [-0.2, -0.15) is 0 Å². The van der Waals surface area contributed by atoms with E-state index in [9.17, 15) is 14.4 Å². The van der Waals surface area contributed by atoms with Gasteiger partial charge in [0.15, 0.2) is 0 Å². The number of rotatable bonds is 4. The van der Waals surface area contributed by atoms with Gasteiger partial charge in [-0.1, -0.05) is 65.4 Å². The molecular weight excluding hydrogens is 401 g/mol. The van der Waals surface area contributed by atoms with Crippen LogP contribution in [0.25, 0.3) is 0 Å². The Balaban J connectivity index is 2.04. The van der Waals surface area contributed by atoms with Crippen LogP contribution in [0.15, 0.2) is 46.2 Å². The predicted molar refractivity (Wildman–Crippen MR) is 123 cm³/mol. The van der Waals surface area contributed by atoms with Crippen LogP contribution in [0.1, 0.15) is 59.1 Å². The van der Waals surface area contributed by atoms with E-state index in [4.69, 9.17) is 0 Å². The molecule has 0 bridgehead atoms. The van der Waals surface area contributed by atoms with Gasteiger partial charge in [0, 0.05) is 16.3 Å². The van der Waals surface area contributed by atoms with Crippen molar-refractivity contribution in [2.24, 2.45) is 0 Å². The topological polar surface area (TPSA) is 60.8 Å². The second-order valence-corrected chi connectivity index (χ2v) is 12.7. The molecule has 0 saturated heterocycles. The molecule has 0 fully saturated rings. The molecule has 2 N–H and O–H groups in total. The SMILES string of the molecule is CC(C)(C)c1ccc2c(c1)Sc1cc(C(C)(C)C)ccc1N2CCCP(=O)(O)O. The van der Waals surface area contributed by atoms with Crippen molar-refractivity contribution >= 4 is 30.7 Å². The quantitative estimate of drug-likeness (QED) is 0.543. The summed E-state index contributed by atoms with van der Waals surface area (Å²) in [5.41, 5.74) is 4.93. The average Bonchev–Trinajstić information content (AvgIpc) is 2.57. The van der Waals surface area contributed by atoms with Crippen LogP contribution in [0.5, 0.6) is 0 Å². The predicted octanol–water partition coefficient (Wildman–Crippen LogP) is 6.45. The van der Waals surface area contributed by atoms with Gasteiger partial charge in [0.2, 0.25) is 0 Å². The molecule has 1 heterocycles. The first-order valence-corrected chi connectivity index (χ1v) is 12.7. The van der Waals surface area contributed by atoms with Gasteiger partial charge in [-0.25, -0.2) is 0 Å². The zero-order chi connectivity index (χ0) is 21.6. The molecule has 3 rings (SSSR count). The number of hydrogen-bond donors (Lipinski definition) is 2. The maximum atomic E-state index is 11.3. The van der Waals surface area contributed by atoms with Crippen molar-refractivity contribution in [3.63, 3.8) is 0 Å². The second-order valence-electron chi connectivity index (χ2n) is 9.86. The molecule has 29 heavy (non-hydrogen) atoms. The lowest BCUT2D eigenvalue weighted by Crippen LogP contribution is -2.24. The highest BCUT2D eigenvalue weighted by Gasteiger charge is 2.27. The highest BCUT2D eigenvalue weighted by molar-refractivity contribution is 7.99. The molecular formula is C23H32NO3PS. The summed E-state index contributed by atoms with van der Waals surface area (Å²) in [6.45, 7) is 13.9. The molecule has 0 aliphatic carbocycles. The van der Waals surface area contributed by atoms with E-state index in [2.05, 4.69) is 82.8 Å². The zero-order valence-electron chi connectivity index (χ0n) is 18.2. The Hall–Kier alpha value is -1.26. The van der Waals surface area contributed by atoms with Crippen LogP contribution in [-0.4, -0.2) is 22.5 Å². The molecule has 1 aliphatic rings. The largest absolute Gasteiger partial charge is 0.340 e. The Morgan fingerprint density at radius 3 is 1.69 bits per heavy atom. The molecule has 0 saturated carbocycles. The molecule has 158 valence electrons. The lowest BCUT2D eigenvalue weighted by atomic mass is 9.86. The number of hydrogen-bond acceptors (Lipinski definition) is 3. The minimum absolute atomic E-state index is 0.0639. The third-order valence-electron chi connectivity index (χ3n) is 5.28. The summed E-state index contributed by atoms with van der Waals surface area (Å²) in [6.07, 6.45) is 0.345. The van der Waals surface area contributed by atoms with E-state index >= 15 is 0 Å². The van der Waals surface area contributed by atoms with E-state index < -0.39 is 7.60 Å². The van der Waals surface area contributed by atoms with E-state index in [0.717, 1.165) is 11.4 Å². The van der Waals surface area contributed by atoms with Crippen LogP contribution in [0.4, 0.5) is 11.4 Å². The summed E-state index contributed by atoms with van der Waals surface area (Å²) < 4.78 is 11.3. The number of benzene rings is 2. The monoisotopic (exact) mass is 433 g/mol. The van der Waals surface area contributed by atoms with E-state index in [1.54, 1.807) is 11.8 Å². The van der Waals surface area contributed by atoms with Gasteiger partial charge in [-0.15, -0.1) is 0 Å². The third kappa shape index (κ3) is 5.27. The van der Waals surface area contributed by atoms with Crippen molar-refractivity contribution < 1.29 is 14.4 Å². The first-order chi connectivity index (χ1) is 13.3. The molecule has 0 radical (unpaired) electrons. The Morgan fingerprint density at radius 2 is 1.31 bits per heavy atom. The summed E-state index contributed by atoms with van der Waals surface area (Å²) >= 11 is 1.79. The zero-order valence-corrected chi connectivity index (χ0v) is 19.9. The van der Waals surface area contributed by atoms with E-state index in [0.29, 0.717) is 13.0 Å². The van der Waals surface area contributed by atoms with Crippen LogP contribution >= 0.6 is 19.4 Å². The number of nitrogens with zero attached hydrogens (tertiary/aromatic N) is 1. The average molecular weight is 434 g/mol. The van der Waals surface area contributed by atoms with E-state index in [-0.39, 0.29) is 17.0 Å². The third-order valence-corrected chi connectivity index (χ3v) is 7.28. The lowest BCUT2D eigenvalue weighted by molar-refractivity contribution is 0.372. The molecule has 0 amide bonds. The van der Waals surface area contributed by atoms with Gasteiger partial charge in [0.05, 0.1) is 17.5 Å². The summed E-state index contributed by atoms with van der Waals surface area (Å²) in [5.74, 6) is 0. The Bertz CT molecular complexity index is 890. The molecule has 2 aromatic carbocycles. The highest BCUT2D eigenvalue weighted by Crippen LogP contribution is 2.50. The van der Waals surface area contributed by atoms with Crippen LogP contribution in [0.2, 0.25) is 0 Å². The summed E-state index contributed by atoms with van der Waals surface area (Å²) in [4.78, 5) is 23.2. The molecule has 4 nitrogen and oxygen atoms in total. The van der Waals surface area contributed by atoms with Gasteiger partial charge < -0.3 is 14.7 Å². The van der Waals surface area contributed by atoms with Crippen molar-refractivity contribution in [2.45, 2.75) is 68.6 Å². The van der Waals surface area contributed by atoms with Gasteiger partial charge in [0.1, 0.15) is 0 Å².